The van der Waals surface area contributed by atoms with Crippen LogP contribution in [0.2, 0.25) is 0 Å². The Labute approximate surface area is 88.3 Å². The third-order valence-corrected chi connectivity index (χ3v) is 0. The molecule has 0 heterocycles. The summed E-state index contributed by atoms with van der Waals surface area (Å²) in [6.07, 6.45) is 0. The number of hydrogen-bond acceptors (Lipinski definition) is 0. The summed E-state index contributed by atoms with van der Waals surface area (Å²) in [5, 5.41) is 0. The van der Waals surface area contributed by atoms with Crippen LogP contribution >= 0.6 is 0 Å². The summed E-state index contributed by atoms with van der Waals surface area (Å²) in [7, 11) is 0. The van der Waals surface area contributed by atoms with Crippen molar-refractivity contribution in [1.29, 1.82) is 0 Å². The molecule has 6 heavy (non-hydrogen) atoms. The predicted molar refractivity (Wildman–Crippen MR) is 11.5 cm³/mol. The van der Waals surface area contributed by atoms with Crippen LogP contribution in [0.5, 0.6) is 0 Å². The molecule has 0 aliphatic rings. The van der Waals surface area contributed by atoms with Crippen molar-refractivity contribution in [2.24, 2.45) is 0 Å². The van der Waals surface area contributed by atoms with Gasteiger partial charge in [0.2, 0.25) is 0 Å². The Morgan fingerprint density at radius 2 is 0.500 bits per heavy atom. The molecule has 6 heteroatoms. The summed E-state index contributed by atoms with van der Waals surface area (Å²) in [5.74, 6) is 0. The van der Waals surface area contributed by atoms with E-state index in [-0.39, 0.29) is 89.2 Å². The molecule has 0 rings (SSSR count). The largest absolute Gasteiger partial charge is 3.00 e. The van der Waals surface area contributed by atoms with Gasteiger partial charge in [-0.3, -0.25) is 0 Å². The van der Waals surface area contributed by atoms with E-state index in [0.717, 1.165) is 0 Å². The van der Waals surface area contributed by atoms with Gasteiger partial charge in [0.05, 0.1) is 0 Å². The van der Waals surface area contributed by atoms with E-state index in [1.54, 1.807) is 0 Å². The first-order chi connectivity index (χ1) is 0. The summed E-state index contributed by atoms with van der Waals surface area (Å²) in [6, 6.07) is 0. The smallest absolute Gasteiger partial charge is 1.00 e. The number of hydrogen-bond donors (Lipinski definition) is 0. The minimum atomic E-state index is 0. The molecule has 0 fully saturated rings. The fraction of sp³-hybridized carbons (Fsp3) is 0. The Morgan fingerprint density at radius 1 is 0.500 bits per heavy atom. The molecule has 0 aliphatic carbocycles. The second-order valence-corrected chi connectivity index (χ2v) is 0. The first-order valence-corrected chi connectivity index (χ1v) is 0. The molecule has 0 bridgehead atoms. The van der Waals surface area contributed by atoms with Crippen molar-refractivity contribution in [3.8, 4) is 0 Å². The maximum atomic E-state index is 0. The molecule has 0 atom stereocenters. The molecule has 0 aliphatic heterocycles. The average molecular weight is 281 g/mol. The van der Waals surface area contributed by atoms with Gasteiger partial charge in [-0.25, -0.2) is 0 Å². The standard InChI is InChI=1S/4ClH.2Ga/h4*1H;;/q;;;;;+3/p-4. The van der Waals surface area contributed by atoms with Crippen LogP contribution in [0.1, 0.15) is 0 Å². The van der Waals surface area contributed by atoms with Crippen LogP contribution in [-0.2, 0) is 0 Å². The summed E-state index contributed by atoms with van der Waals surface area (Å²) in [5.41, 5.74) is 0. The summed E-state index contributed by atoms with van der Waals surface area (Å²) >= 11 is 0. The van der Waals surface area contributed by atoms with E-state index in [9.17, 15) is 0 Å². The van der Waals surface area contributed by atoms with Gasteiger partial charge in [0.15, 0.2) is 0 Å². The van der Waals surface area contributed by atoms with Gasteiger partial charge in [0.1, 0.15) is 0 Å². The Morgan fingerprint density at radius 3 is 0.500 bits per heavy atom. The van der Waals surface area contributed by atoms with E-state index in [1.165, 1.54) is 0 Å². The van der Waals surface area contributed by atoms with E-state index in [1.807, 2.05) is 0 Å². The monoisotopic (exact) mass is 278 g/mol. The molecular weight excluding hydrogens is 281 g/mol. The third kappa shape index (κ3) is 32.1. The fourth-order valence-electron chi connectivity index (χ4n) is 0. The summed E-state index contributed by atoms with van der Waals surface area (Å²) < 4.78 is 0. The van der Waals surface area contributed by atoms with E-state index in [4.69, 9.17) is 0 Å². The molecule has 0 nitrogen and oxygen atoms in total. The maximum Gasteiger partial charge on any atom is 3.00 e. The van der Waals surface area contributed by atoms with Gasteiger partial charge in [0, 0.05) is 19.8 Å². The zero-order valence-corrected chi connectivity index (χ0v) is 10.5. The Balaban J connectivity index is 0. The van der Waals surface area contributed by atoms with Crippen LogP contribution in [0.3, 0.4) is 0 Å². The molecule has 0 aromatic carbocycles. The van der Waals surface area contributed by atoms with Gasteiger partial charge >= 0.3 is 19.8 Å². The molecule has 0 unspecified atom stereocenters. The van der Waals surface area contributed by atoms with Crippen molar-refractivity contribution in [3.05, 3.63) is 0 Å². The number of halogens is 4. The van der Waals surface area contributed by atoms with Crippen LogP contribution in [-0.4, -0.2) is 39.6 Å². The molecule has 3 radical (unpaired) electrons. The molecule has 35 valence electrons. The van der Waals surface area contributed by atoms with Crippen molar-refractivity contribution in [2.45, 2.75) is 0 Å². The molecule has 0 N–H and O–H groups in total. The van der Waals surface area contributed by atoms with Crippen molar-refractivity contribution in [1.82, 2.24) is 0 Å². The van der Waals surface area contributed by atoms with Crippen LogP contribution in [0.15, 0.2) is 0 Å². The molecule has 0 aromatic heterocycles. The van der Waals surface area contributed by atoms with Crippen molar-refractivity contribution in [3.63, 3.8) is 0 Å². The van der Waals surface area contributed by atoms with Gasteiger partial charge in [-0.05, 0) is 0 Å². The Hall–Kier alpha value is 2.43. The SMILES string of the molecule is [Cl-].[Cl-].[Cl-].[Cl-].[Ga+3].[Ga]. The maximum absolute atomic E-state index is 0. The molecule has 0 amide bonds. The fourth-order valence-corrected chi connectivity index (χ4v) is 0. The Kier molecular flexibility index (Phi) is 682. The van der Waals surface area contributed by atoms with E-state index in [2.05, 4.69) is 0 Å². The van der Waals surface area contributed by atoms with E-state index < -0.39 is 0 Å². The zero-order chi connectivity index (χ0) is 0. The molecule has 0 spiro atoms. The van der Waals surface area contributed by atoms with E-state index in [0.29, 0.717) is 0 Å². The van der Waals surface area contributed by atoms with Gasteiger partial charge in [0.25, 0.3) is 0 Å². The van der Waals surface area contributed by atoms with Crippen molar-refractivity contribution in [2.75, 3.05) is 0 Å². The average Bonchev–Trinajstić information content (AvgIpc) is 0. The van der Waals surface area contributed by atoms with Gasteiger partial charge < -0.3 is 49.6 Å². The van der Waals surface area contributed by atoms with Crippen LogP contribution in [0.25, 0.3) is 0 Å². The second-order valence-electron chi connectivity index (χ2n) is 0. The summed E-state index contributed by atoms with van der Waals surface area (Å²) in [4.78, 5) is 0. The first kappa shape index (κ1) is 78.7. The number of rotatable bonds is 0. The van der Waals surface area contributed by atoms with Gasteiger partial charge in [-0.15, -0.1) is 0 Å². The molecule has 0 saturated carbocycles. The minimum Gasteiger partial charge on any atom is -1.00 e. The quantitative estimate of drug-likeness (QED) is 0.387. The topological polar surface area (TPSA) is 0 Å². The van der Waals surface area contributed by atoms with Crippen LogP contribution < -0.4 is 49.6 Å². The Bertz CT molecular complexity index is 5.51. The molecule has 0 saturated heterocycles. The normalized spacial score (nSPS) is 0. The second kappa shape index (κ2) is 52.0. The van der Waals surface area contributed by atoms with Crippen molar-refractivity contribution >= 4 is 39.6 Å². The van der Waals surface area contributed by atoms with Gasteiger partial charge in [-0.1, -0.05) is 0 Å². The van der Waals surface area contributed by atoms with Crippen LogP contribution in [0.4, 0.5) is 0 Å². The molecular formula is Cl4Ga2-. The predicted octanol–water partition coefficient (Wildman–Crippen LogP) is -12.7. The molecule has 0 aromatic rings. The van der Waals surface area contributed by atoms with Crippen molar-refractivity contribution < 1.29 is 49.6 Å². The zero-order valence-electron chi connectivity index (χ0n) is 2.67. The van der Waals surface area contributed by atoms with Crippen LogP contribution in [0, 0.1) is 0 Å². The third-order valence-electron chi connectivity index (χ3n) is 0. The van der Waals surface area contributed by atoms with E-state index >= 15 is 0 Å². The van der Waals surface area contributed by atoms with Gasteiger partial charge in [-0.2, -0.15) is 0 Å². The first-order valence-electron chi connectivity index (χ1n) is 0. The summed E-state index contributed by atoms with van der Waals surface area (Å²) in [6.45, 7) is 0. The minimum absolute atomic E-state index is 0.